The molecule has 258 valence electrons. The minimum Gasteiger partial charge on any atom is -0.481 e. The van der Waals surface area contributed by atoms with Gasteiger partial charge in [-0.2, -0.15) is 8.78 Å². The van der Waals surface area contributed by atoms with E-state index < -0.39 is 47.4 Å². The van der Waals surface area contributed by atoms with E-state index >= 15 is 0 Å². The fraction of sp³-hybridized carbons (Fsp3) is 0.487. The minimum atomic E-state index is -3.14. The Bertz CT molecular complexity index is 1490. The van der Waals surface area contributed by atoms with Crippen molar-refractivity contribution in [2.24, 2.45) is 10.8 Å². The first-order chi connectivity index (χ1) is 23.0. The fourth-order valence-corrected chi connectivity index (χ4v) is 9.03. The molecule has 3 aromatic rings. The van der Waals surface area contributed by atoms with E-state index in [1.165, 1.54) is 23.3 Å². The smallest absolute Gasteiger partial charge is 0.387 e. The number of piperidine rings is 2. The van der Waals surface area contributed by atoms with Crippen LogP contribution in [0.3, 0.4) is 0 Å². The van der Waals surface area contributed by atoms with Crippen LogP contribution in [0, 0.1) is 10.8 Å². The summed E-state index contributed by atoms with van der Waals surface area (Å²) in [6, 6.07) is 26.1. The number of halogens is 2. The van der Waals surface area contributed by atoms with E-state index in [0.29, 0.717) is 6.42 Å². The van der Waals surface area contributed by atoms with Crippen LogP contribution in [0.4, 0.5) is 8.78 Å². The summed E-state index contributed by atoms with van der Waals surface area (Å²) in [6.45, 7) is 4.65. The highest BCUT2D eigenvalue weighted by atomic mass is 19.3. The monoisotopic (exact) mass is 662 g/mol. The topological polar surface area (TPSA) is 99.1 Å². The Hall–Kier alpha value is -3.82. The van der Waals surface area contributed by atoms with Crippen molar-refractivity contribution in [3.8, 4) is 5.75 Å². The molecule has 2 fully saturated rings. The van der Waals surface area contributed by atoms with Gasteiger partial charge in [-0.25, -0.2) is 0 Å². The van der Waals surface area contributed by atoms with Crippen molar-refractivity contribution in [3.63, 3.8) is 0 Å². The van der Waals surface area contributed by atoms with Gasteiger partial charge in [0.2, 0.25) is 0 Å². The van der Waals surface area contributed by atoms with Crippen LogP contribution in [-0.4, -0.2) is 65.4 Å². The third kappa shape index (κ3) is 6.34. The molecule has 9 heteroatoms. The number of para-hydroxylation sites is 1. The Balaban J connectivity index is 1.39. The molecule has 5 atom stereocenters. The molecule has 48 heavy (non-hydrogen) atoms. The Labute approximate surface area is 282 Å². The zero-order chi connectivity index (χ0) is 34.5. The molecule has 0 bridgehead atoms. The summed E-state index contributed by atoms with van der Waals surface area (Å²) in [5.41, 5.74) is -0.441. The summed E-state index contributed by atoms with van der Waals surface area (Å²) in [7, 11) is 0. The van der Waals surface area contributed by atoms with E-state index in [9.17, 15) is 28.6 Å². The molecule has 7 nitrogen and oxygen atoms in total. The lowest BCUT2D eigenvalue weighted by molar-refractivity contribution is -0.173. The molecule has 2 aliphatic rings. The second kappa shape index (κ2) is 14.7. The van der Waals surface area contributed by atoms with Gasteiger partial charge in [-0.3, -0.25) is 9.59 Å². The van der Waals surface area contributed by atoms with Crippen LogP contribution in [0.15, 0.2) is 84.9 Å². The number of likely N-dealkylation sites (tertiary alicyclic amines) is 1. The van der Waals surface area contributed by atoms with Crippen molar-refractivity contribution < 1.29 is 33.3 Å². The van der Waals surface area contributed by atoms with Crippen molar-refractivity contribution in [2.75, 3.05) is 19.6 Å². The van der Waals surface area contributed by atoms with Gasteiger partial charge in [0, 0.05) is 23.4 Å². The Kier molecular flexibility index (Phi) is 10.9. The molecule has 2 heterocycles. The van der Waals surface area contributed by atoms with Crippen LogP contribution in [0.5, 0.6) is 5.75 Å². The number of aliphatic carboxylic acids is 2. The summed E-state index contributed by atoms with van der Waals surface area (Å²) in [5, 5.41) is 25.1. The number of nitrogens with zero attached hydrogens (tertiary/aromatic N) is 1. The number of hydrogen-bond acceptors (Lipinski definition) is 5. The van der Waals surface area contributed by atoms with Crippen molar-refractivity contribution in [2.45, 2.75) is 89.3 Å². The number of alkyl halides is 2. The van der Waals surface area contributed by atoms with Gasteiger partial charge in [0.1, 0.15) is 5.75 Å². The van der Waals surface area contributed by atoms with Crippen molar-refractivity contribution in [3.05, 3.63) is 102 Å². The first kappa shape index (κ1) is 35.5. The summed E-state index contributed by atoms with van der Waals surface area (Å²) in [4.78, 5) is 29.2. The predicted octanol–water partition coefficient (Wildman–Crippen LogP) is 7.56. The van der Waals surface area contributed by atoms with Crippen LogP contribution in [0.2, 0.25) is 0 Å². The van der Waals surface area contributed by atoms with Gasteiger partial charge in [0.05, 0.1) is 10.8 Å². The zero-order valence-electron chi connectivity index (χ0n) is 28.1. The molecule has 2 saturated heterocycles. The molecule has 5 rings (SSSR count). The van der Waals surface area contributed by atoms with E-state index in [4.69, 9.17) is 4.74 Å². The molecule has 0 radical (unpaired) electrons. The number of benzene rings is 3. The highest BCUT2D eigenvalue weighted by Gasteiger charge is 2.66. The number of carboxylic acids is 2. The lowest BCUT2D eigenvalue weighted by Crippen LogP contribution is -2.69. The van der Waals surface area contributed by atoms with Crippen LogP contribution in [0.1, 0.15) is 81.9 Å². The average molecular weight is 663 g/mol. The number of unbranched alkanes of at least 4 members (excludes halogenated alkanes) is 1. The van der Waals surface area contributed by atoms with Gasteiger partial charge in [-0.1, -0.05) is 92.2 Å². The predicted molar refractivity (Wildman–Crippen MR) is 181 cm³/mol. The van der Waals surface area contributed by atoms with E-state index in [0.717, 1.165) is 38.9 Å². The minimum absolute atomic E-state index is 0.0759. The Morgan fingerprint density at radius 2 is 1.35 bits per heavy atom. The molecule has 3 N–H and O–H groups in total. The maximum absolute atomic E-state index is 13.6. The fourth-order valence-electron chi connectivity index (χ4n) is 9.03. The van der Waals surface area contributed by atoms with Gasteiger partial charge < -0.3 is 25.2 Å². The number of carbonyl (C=O) groups is 2. The normalized spacial score (nSPS) is 27.4. The van der Waals surface area contributed by atoms with Crippen LogP contribution >= 0.6 is 0 Å². The molecule has 0 aromatic heterocycles. The highest BCUT2D eigenvalue weighted by Crippen LogP contribution is 2.60. The van der Waals surface area contributed by atoms with Crippen molar-refractivity contribution in [1.29, 1.82) is 0 Å². The SMILES string of the molecule is CCC1(C(=O)O)C(C)NC(C)C(CCCCN2CCC(c3ccccc3)(c3ccccc3)CC2)(C(=O)O)C1c1ccccc1OC(F)F. The Morgan fingerprint density at radius 1 is 0.833 bits per heavy atom. The molecule has 5 unspecified atom stereocenters. The second-order valence-corrected chi connectivity index (χ2v) is 13.6. The number of ether oxygens (including phenoxy) is 1. The third-order valence-electron chi connectivity index (χ3n) is 11.6. The van der Waals surface area contributed by atoms with E-state index in [1.54, 1.807) is 32.9 Å². The molecule has 0 aliphatic carbocycles. The Morgan fingerprint density at radius 3 is 1.88 bits per heavy atom. The van der Waals surface area contributed by atoms with Crippen LogP contribution < -0.4 is 10.1 Å². The summed E-state index contributed by atoms with van der Waals surface area (Å²) >= 11 is 0. The largest absolute Gasteiger partial charge is 0.481 e. The van der Waals surface area contributed by atoms with Gasteiger partial charge >= 0.3 is 18.6 Å². The number of rotatable bonds is 13. The summed E-state index contributed by atoms with van der Waals surface area (Å²) < 4.78 is 32.1. The van der Waals surface area contributed by atoms with Gasteiger partial charge in [0.15, 0.2) is 0 Å². The first-order valence-electron chi connectivity index (χ1n) is 17.1. The van der Waals surface area contributed by atoms with Crippen LogP contribution in [0.25, 0.3) is 0 Å². The van der Waals surface area contributed by atoms with Gasteiger partial charge in [-0.15, -0.1) is 0 Å². The summed E-state index contributed by atoms with van der Waals surface area (Å²) in [5.74, 6) is -3.61. The number of nitrogens with one attached hydrogen (secondary N) is 1. The zero-order valence-corrected chi connectivity index (χ0v) is 28.1. The quantitative estimate of drug-likeness (QED) is 0.163. The van der Waals surface area contributed by atoms with Gasteiger partial charge in [-0.05, 0) is 88.3 Å². The summed E-state index contributed by atoms with van der Waals surface area (Å²) in [6.07, 6.45) is 3.44. The lowest BCUT2D eigenvalue weighted by Gasteiger charge is -2.57. The molecule has 0 amide bonds. The standard InChI is InChI=1S/C39H48F2N2O5/c1-4-38(34(44)45)27(2)42-28(3)39(35(46)47,33(38)31-19-11-12-20-32(31)48-36(40)41)21-13-14-24-43-25-22-37(23-26-43,29-15-7-5-8-16-29)30-17-9-6-10-18-30/h5-12,15-20,27-28,33,36,42H,4,13-14,21-26H2,1-3H3,(H,44,45)(H,46,47). The van der Waals surface area contributed by atoms with Crippen molar-refractivity contribution >= 4 is 11.9 Å². The van der Waals surface area contributed by atoms with E-state index in [-0.39, 0.29) is 29.6 Å². The molecule has 0 saturated carbocycles. The number of hydrogen-bond donors (Lipinski definition) is 3. The maximum atomic E-state index is 13.6. The third-order valence-corrected chi connectivity index (χ3v) is 11.6. The highest BCUT2D eigenvalue weighted by molar-refractivity contribution is 5.84. The van der Waals surface area contributed by atoms with Gasteiger partial charge in [0.25, 0.3) is 0 Å². The maximum Gasteiger partial charge on any atom is 0.387 e. The van der Waals surface area contributed by atoms with E-state index in [1.807, 2.05) is 12.1 Å². The van der Waals surface area contributed by atoms with E-state index in [2.05, 4.69) is 58.7 Å². The van der Waals surface area contributed by atoms with Crippen molar-refractivity contribution in [1.82, 2.24) is 10.2 Å². The lowest BCUT2D eigenvalue weighted by atomic mass is 9.49. The molecular formula is C39H48F2N2O5. The van der Waals surface area contributed by atoms with Crippen LogP contribution in [-0.2, 0) is 15.0 Å². The second-order valence-electron chi connectivity index (χ2n) is 13.6. The number of carboxylic acid groups (broad SMARTS) is 2. The molecule has 0 spiro atoms. The first-order valence-corrected chi connectivity index (χ1v) is 17.1. The molecular weight excluding hydrogens is 614 g/mol. The molecule has 3 aromatic carbocycles. The molecule has 2 aliphatic heterocycles. The average Bonchev–Trinajstić information content (AvgIpc) is 3.08.